The van der Waals surface area contributed by atoms with E-state index in [-0.39, 0.29) is 73.8 Å². The fourth-order valence-electron chi connectivity index (χ4n) is 2.41. The number of hydrogen-bond donors (Lipinski definition) is 4. The van der Waals surface area contributed by atoms with Gasteiger partial charge in [-0.2, -0.15) is 18.3 Å². The Kier molecular flexibility index (Phi) is 33.8. The highest BCUT2D eigenvalue weighted by atomic mass is 32.2. The summed E-state index contributed by atoms with van der Waals surface area (Å²) in [6.45, 7) is 44.0. The van der Waals surface area contributed by atoms with Crippen LogP contribution in [0.4, 0.5) is 0 Å². The van der Waals surface area contributed by atoms with E-state index in [4.69, 9.17) is 19.4 Å². The second-order valence-corrected chi connectivity index (χ2v) is 26.0. The Labute approximate surface area is 398 Å². The maximum atomic E-state index is 10.9. The van der Waals surface area contributed by atoms with Gasteiger partial charge >= 0.3 is 7.60 Å². The molecule has 0 saturated heterocycles. The van der Waals surface area contributed by atoms with E-state index in [1.807, 2.05) is 83.1 Å². The number of azo groups is 1. The first kappa shape index (κ1) is 74.1. The summed E-state index contributed by atoms with van der Waals surface area (Å²) in [5.74, 6) is 3.03. The molecule has 66 heavy (non-hydrogen) atoms. The van der Waals surface area contributed by atoms with Crippen LogP contribution < -0.4 is 0 Å². The molecule has 0 bridgehead atoms. The number of amidine groups is 1. The highest BCUT2D eigenvalue weighted by Gasteiger charge is 2.32. The Balaban J connectivity index is -0.000000161. The van der Waals surface area contributed by atoms with Crippen molar-refractivity contribution in [3.63, 3.8) is 0 Å². The number of carbonyl (C=O) groups is 3. The lowest BCUT2D eigenvalue weighted by molar-refractivity contribution is -0.124. The van der Waals surface area contributed by atoms with Crippen LogP contribution in [0.5, 0.6) is 0 Å². The van der Waals surface area contributed by atoms with Crippen LogP contribution in [0.3, 0.4) is 0 Å². The highest BCUT2D eigenvalue weighted by Crippen LogP contribution is 2.49. The topological polar surface area (TPSA) is 308 Å². The third-order valence-corrected chi connectivity index (χ3v) is 11.3. The van der Waals surface area contributed by atoms with Crippen LogP contribution in [0, 0.1) is 11.3 Å². The number of rotatable bonds is 5. The molecular formula is C42H91BN11O10PS. The van der Waals surface area contributed by atoms with Crippen LogP contribution in [0.2, 0.25) is 12.1 Å². The summed E-state index contributed by atoms with van der Waals surface area (Å²) >= 11 is 0. The van der Waals surface area contributed by atoms with Gasteiger partial charge in [0.1, 0.15) is 24.7 Å². The summed E-state index contributed by atoms with van der Waals surface area (Å²) in [6, 6.07) is 0. The molecule has 3 heterocycles. The van der Waals surface area contributed by atoms with E-state index >= 15 is 0 Å². The van der Waals surface area contributed by atoms with E-state index in [2.05, 4.69) is 60.0 Å². The van der Waals surface area contributed by atoms with E-state index in [0.717, 1.165) is 11.7 Å². The van der Waals surface area contributed by atoms with Crippen LogP contribution in [0.25, 0.3) is 0 Å². The van der Waals surface area contributed by atoms with Crippen molar-refractivity contribution in [1.29, 1.82) is 0 Å². The Bertz CT molecular complexity index is 1940. The third kappa shape index (κ3) is 36.6. The van der Waals surface area contributed by atoms with Crippen LogP contribution >= 0.6 is 7.60 Å². The molecule has 1 aliphatic rings. The van der Waals surface area contributed by atoms with E-state index in [1.165, 1.54) is 60.2 Å². The zero-order chi connectivity index (χ0) is 52.3. The predicted molar refractivity (Wildman–Crippen MR) is 267 cm³/mol. The van der Waals surface area contributed by atoms with Crippen LogP contribution in [-0.2, 0) is 53.0 Å². The van der Waals surface area contributed by atoms with Gasteiger partial charge in [0.15, 0.2) is 29.9 Å². The summed E-state index contributed by atoms with van der Waals surface area (Å²) in [4.78, 5) is 54.4. The molecule has 1 aliphatic heterocycles. The quantitative estimate of drug-likeness (QED) is 0.124. The maximum Gasteiger partial charge on any atom is 0.330 e. The second kappa shape index (κ2) is 30.1. The third-order valence-electron chi connectivity index (χ3n) is 8.01. The molecule has 2 aromatic heterocycles. The molecule has 0 unspecified atom stereocenters. The summed E-state index contributed by atoms with van der Waals surface area (Å²) in [5, 5.41) is 38.5. The number of aliphatic imine (C=N–C) groups is 1. The molecule has 0 aromatic carbocycles. The first-order valence-corrected chi connectivity index (χ1v) is 23.7. The minimum absolute atomic E-state index is 0. The minimum Gasteiger partial charge on any atom is -0.450 e. The highest BCUT2D eigenvalue weighted by molar-refractivity contribution is 7.87. The Morgan fingerprint density at radius 1 is 0.758 bits per heavy atom. The monoisotopic (exact) mass is 984 g/mol. The van der Waals surface area contributed by atoms with Gasteiger partial charge in [-0.25, -0.2) is 9.67 Å². The number of ketones is 3. The SMILES string of the molecule is C.C.CB(O)C(C)(C)C.CC(=O)C(C)(C)C.CC(=O)Cn1nnc(C(C)(C)C)n1.CC(=O)Cn1nnnc1C(C)(C)C.CC(C)(C)P(=O)(O)O.CC(C)(C)S(=O)(=O)O.CC(C)C1=NCN=N1. The first-order chi connectivity index (χ1) is 28.0. The number of carbonyl (C=O) groups excluding carboxylic acids is 3. The lowest BCUT2D eigenvalue weighted by Crippen LogP contribution is -2.26. The van der Waals surface area contributed by atoms with Crippen molar-refractivity contribution < 1.29 is 46.7 Å². The van der Waals surface area contributed by atoms with E-state index < -0.39 is 27.6 Å². The van der Waals surface area contributed by atoms with Gasteiger partial charge in [0, 0.05) is 22.2 Å². The fourth-order valence-corrected chi connectivity index (χ4v) is 2.41. The largest absolute Gasteiger partial charge is 0.450 e. The molecule has 0 saturated carbocycles. The lowest BCUT2D eigenvalue weighted by atomic mass is 9.50. The fraction of sp³-hybridized carbons (Fsp3) is 0.857. The Morgan fingerprint density at radius 3 is 1.33 bits per heavy atom. The predicted octanol–water partition coefficient (Wildman–Crippen LogP) is 8.51. The Morgan fingerprint density at radius 2 is 1.14 bits per heavy atom. The molecule has 0 spiro atoms. The molecule has 0 amide bonds. The van der Waals surface area contributed by atoms with E-state index in [1.54, 1.807) is 18.4 Å². The molecule has 24 heteroatoms. The van der Waals surface area contributed by atoms with Gasteiger partial charge in [-0.15, -0.1) is 20.4 Å². The molecule has 0 radical (unpaired) electrons. The minimum atomic E-state index is -3.85. The van der Waals surface area contributed by atoms with Crippen molar-refractivity contribution in [3.05, 3.63) is 11.6 Å². The van der Waals surface area contributed by atoms with Gasteiger partial charge in [0.2, 0.25) is 0 Å². The van der Waals surface area contributed by atoms with E-state index in [0.29, 0.717) is 18.4 Å². The van der Waals surface area contributed by atoms with Crippen molar-refractivity contribution >= 4 is 47.8 Å². The molecule has 0 aliphatic carbocycles. The van der Waals surface area contributed by atoms with Gasteiger partial charge in [0.25, 0.3) is 17.0 Å². The summed E-state index contributed by atoms with van der Waals surface area (Å²) in [7, 11) is -7.69. The van der Waals surface area contributed by atoms with Gasteiger partial charge in [-0.3, -0.25) is 23.5 Å². The average Bonchev–Trinajstić information content (AvgIpc) is 3.82. The van der Waals surface area contributed by atoms with Crippen LogP contribution in [-0.4, -0.2) is 115 Å². The number of hydrogen-bond acceptors (Lipinski definition) is 16. The molecule has 0 atom stereocenters. The second-order valence-electron chi connectivity index (χ2n) is 21.4. The van der Waals surface area contributed by atoms with E-state index in [9.17, 15) is 27.4 Å². The zero-order valence-corrected chi connectivity index (χ0v) is 45.0. The molecular weight excluding hydrogens is 892 g/mol. The zero-order valence-electron chi connectivity index (χ0n) is 43.3. The molecule has 21 nitrogen and oxygen atoms in total. The number of aromatic nitrogens is 8. The van der Waals surface area contributed by atoms with Gasteiger partial charge in [-0.1, -0.05) is 119 Å². The summed E-state index contributed by atoms with van der Waals surface area (Å²) in [5.41, 5.74) is -0.381. The summed E-state index contributed by atoms with van der Waals surface area (Å²) < 4.78 is 39.6. The first-order valence-electron chi connectivity index (χ1n) is 20.7. The number of Topliss-reactive ketones (excluding diaryl/α,β-unsaturated/α-hetero) is 3. The molecule has 2 aromatic rings. The average molecular weight is 984 g/mol. The van der Waals surface area contributed by atoms with Crippen LogP contribution in [0.1, 0.15) is 186 Å². The van der Waals surface area contributed by atoms with Crippen molar-refractivity contribution in [2.45, 2.75) is 220 Å². The Hall–Kier alpha value is -3.50. The lowest BCUT2D eigenvalue weighted by Gasteiger charge is -2.18. The summed E-state index contributed by atoms with van der Waals surface area (Å²) in [6.07, 6.45) is 0. The van der Waals surface area contributed by atoms with Crippen molar-refractivity contribution in [1.82, 2.24) is 40.4 Å². The van der Waals surface area contributed by atoms with Gasteiger partial charge in [0.05, 0.1) is 9.90 Å². The molecule has 4 N–H and O–H groups in total. The van der Waals surface area contributed by atoms with Crippen molar-refractivity contribution in [3.8, 4) is 0 Å². The standard InChI is InChI=1S/2C8H14N4O.C6H12O.C5H13BO.C5H9N3.C4H11O3P.C4H10O3S.2CH4/c1-6(13)5-12-7(8(2,3)4)9-10-11-12;1-6(13)5-12-10-7(9-11-12)8(2,3)4;1-5(7)6(2,3)4;1-5(2,3)6(4)7;1-4(2)5-6-3-7-8-5;2*1-4(2,3)8(5,6)7;;/h2*5H2,1-4H3;1-4H3;7H,1-4H3;4H,3H2,1-2H3;1-3H3,(H2,5,6,7);1-3H3,(H,5,6,7);2*1H4. The van der Waals surface area contributed by atoms with Crippen molar-refractivity contribution in [2.24, 2.45) is 26.6 Å². The normalized spacial score (nSPS) is 12.6. The molecule has 0 fully saturated rings. The smallest absolute Gasteiger partial charge is 0.330 e. The van der Waals surface area contributed by atoms with Crippen molar-refractivity contribution in [2.75, 3.05) is 6.67 Å². The number of nitrogens with zero attached hydrogens (tertiary/aromatic N) is 11. The number of tetrazole rings is 2. The van der Waals surface area contributed by atoms with Crippen LogP contribution in [0.15, 0.2) is 15.2 Å². The van der Waals surface area contributed by atoms with Gasteiger partial charge in [-0.05, 0) is 83.3 Å². The molecule has 3 rings (SSSR count). The molecule has 388 valence electrons. The van der Waals surface area contributed by atoms with Gasteiger partial charge < -0.3 is 14.8 Å². The maximum absolute atomic E-state index is 10.9.